The van der Waals surface area contributed by atoms with Gasteiger partial charge in [0.2, 0.25) is 0 Å². The normalized spacial score (nSPS) is 11.7. The van der Waals surface area contributed by atoms with Gasteiger partial charge in [0.25, 0.3) is 0 Å². The van der Waals surface area contributed by atoms with Crippen molar-refractivity contribution >= 4 is 32.3 Å². The van der Waals surface area contributed by atoms with E-state index in [2.05, 4.69) is 152 Å². The molecule has 3 heteroatoms. The van der Waals surface area contributed by atoms with Gasteiger partial charge in [0.15, 0.2) is 17.5 Å². The first-order chi connectivity index (χ1) is 29.7. The smallest absolute Gasteiger partial charge is 0.164 e. The molecule has 0 aliphatic heterocycles. The predicted octanol–water partition coefficient (Wildman–Crippen LogP) is 15.0. The van der Waals surface area contributed by atoms with Crippen molar-refractivity contribution in [3.05, 3.63) is 212 Å². The van der Waals surface area contributed by atoms with Gasteiger partial charge in [-0.2, -0.15) is 0 Å². The topological polar surface area (TPSA) is 38.7 Å². The van der Waals surface area contributed by atoms with Gasteiger partial charge in [0.05, 0.1) is 0 Å². The Hall–Kier alpha value is -8.01. The monoisotopic (exact) mass is 761 g/mol. The molecule has 12 rings (SSSR count). The Morgan fingerprint density at radius 2 is 0.617 bits per heavy atom. The molecule has 0 amide bonds. The second-order valence-corrected chi connectivity index (χ2v) is 15.5. The number of rotatable bonds is 6. The number of benzene rings is 10. The summed E-state index contributed by atoms with van der Waals surface area (Å²) in [6.07, 6.45) is 0. The van der Waals surface area contributed by atoms with Crippen LogP contribution in [-0.4, -0.2) is 15.0 Å². The predicted molar refractivity (Wildman–Crippen MR) is 249 cm³/mol. The minimum Gasteiger partial charge on any atom is -0.208 e. The fraction of sp³-hybridized carbons (Fsp3) is 0. The Labute approximate surface area is 348 Å². The molecule has 0 spiro atoms. The molecule has 0 radical (unpaired) electrons. The van der Waals surface area contributed by atoms with E-state index < -0.39 is 0 Å². The summed E-state index contributed by atoms with van der Waals surface area (Å²) in [4.78, 5) is 15.1. The molecular weight excluding hydrogens is 727 g/mol. The third kappa shape index (κ3) is 5.55. The van der Waals surface area contributed by atoms with E-state index in [1.807, 2.05) is 60.7 Å². The van der Waals surface area contributed by atoms with Crippen LogP contribution in [0.3, 0.4) is 0 Å². The molecule has 0 unspecified atom stereocenters. The summed E-state index contributed by atoms with van der Waals surface area (Å²) in [5.41, 5.74) is 15.2. The van der Waals surface area contributed by atoms with E-state index in [-0.39, 0.29) is 0 Å². The number of hydrogen-bond donors (Lipinski definition) is 0. The van der Waals surface area contributed by atoms with Crippen molar-refractivity contribution in [3.63, 3.8) is 0 Å². The molecule has 0 saturated carbocycles. The van der Waals surface area contributed by atoms with Gasteiger partial charge in [-0.25, -0.2) is 15.0 Å². The zero-order chi connectivity index (χ0) is 39.6. The van der Waals surface area contributed by atoms with Crippen LogP contribution in [0.1, 0.15) is 0 Å². The Morgan fingerprint density at radius 1 is 0.217 bits per heavy atom. The van der Waals surface area contributed by atoms with Gasteiger partial charge in [0, 0.05) is 16.7 Å². The maximum Gasteiger partial charge on any atom is 0.164 e. The van der Waals surface area contributed by atoms with Crippen molar-refractivity contribution in [1.29, 1.82) is 0 Å². The van der Waals surface area contributed by atoms with Crippen molar-refractivity contribution in [2.45, 2.75) is 0 Å². The number of aromatic nitrogens is 3. The highest BCUT2D eigenvalue weighted by atomic mass is 15.0. The van der Waals surface area contributed by atoms with E-state index >= 15 is 0 Å². The molecule has 1 heterocycles. The summed E-state index contributed by atoms with van der Waals surface area (Å²) in [6.45, 7) is 0. The molecule has 278 valence electrons. The molecule has 3 nitrogen and oxygen atoms in total. The second-order valence-electron chi connectivity index (χ2n) is 15.5. The highest BCUT2D eigenvalue weighted by Crippen LogP contribution is 2.50. The number of hydrogen-bond acceptors (Lipinski definition) is 3. The highest BCUT2D eigenvalue weighted by molar-refractivity contribution is 6.20. The maximum atomic E-state index is 5.07. The Kier molecular flexibility index (Phi) is 7.85. The first-order valence-corrected chi connectivity index (χ1v) is 20.4. The lowest BCUT2D eigenvalue weighted by Crippen LogP contribution is -2.00. The fourth-order valence-electron chi connectivity index (χ4n) is 9.28. The van der Waals surface area contributed by atoms with E-state index in [1.54, 1.807) is 0 Å². The SMILES string of the molecule is c1ccc(-c2nc(-c3ccccc3)nc(-c3cccc(-c4cc5ccccc5cc4-c4ccc(-c5ccc6c7c(cccc57)-c5ccccc5-6)c5ccccc45)c3)n2)cc1. The molecule has 0 bridgehead atoms. The number of nitrogens with zero attached hydrogens (tertiary/aromatic N) is 3. The molecule has 0 N–H and O–H groups in total. The molecule has 0 atom stereocenters. The average Bonchev–Trinajstić information content (AvgIpc) is 3.66. The van der Waals surface area contributed by atoms with E-state index in [0.29, 0.717) is 17.5 Å². The summed E-state index contributed by atoms with van der Waals surface area (Å²) in [5, 5.41) is 7.45. The van der Waals surface area contributed by atoms with Crippen LogP contribution < -0.4 is 0 Å². The minimum absolute atomic E-state index is 0.634. The molecule has 10 aromatic carbocycles. The summed E-state index contributed by atoms with van der Waals surface area (Å²) in [6, 6.07) is 76.0. The van der Waals surface area contributed by atoms with Crippen LogP contribution in [0.4, 0.5) is 0 Å². The Bertz CT molecular complexity index is 3390. The number of fused-ring (bicyclic) bond motifs is 5. The first kappa shape index (κ1) is 34.1. The van der Waals surface area contributed by atoms with Crippen LogP contribution in [0.5, 0.6) is 0 Å². The molecule has 1 aromatic heterocycles. The summed E-state index contributed by atoms with van der Waals surface area (Å²) < 4.78 is 0. The van der Waals surface area contributed by atoms with Crippen LogP contribution in [0, 0.1) is 0 Å². The largest absolute Gasteiger partial charge is 0.208 e. The molecule has 1 aliphatic carbocycles. The Balaban J connectivity index is 1.03. The first-order valence-electron chi connectivity index (χ1n) is 20.4. The summed E-state index contributed by atoms with van der Waals surface area (Å²) >= 11 is 0. The molecule has 1 aliphatic rings. The summed E-state index contributed by atoms with van der Waals surface area (Å²) in [5.74, 6) is 1.93. The van der Waals surface area contributed by atoms with Crippen LogP contribution >= 0.6 is 0 Å². The van der Waals surface area contributed by atoms with Gasteiger partial charge in [-0.15, -0.1) is 0 Å². The zero-order valence-electron chi connectivity index (χ0n) is 32.5. The molecule has 0 saturated heterocycles. The van der Waals surface area contributed by atoms with Gasteiger partial charge in [-0.1, -0.05) is 194 Å². The lowest BCUT2D eigenvalue weighted by molar-refractivity contribution is 1.07. The van der Waals surface area contributed by atoms with E-state index in [0.717, 1.165) is 27.8 Å². The van der Waals surface area contributed by atoms with Gasteiger partial charge in [-0.05, 0) is 106 Å². The van der Waals surface area contributed by atoms with Crippen molar-refractivity contribution in [2.24, 2.45) is 0 Å². The van der Waals surface area contributed by atoms with E-state index in [4.69, 9.17) is 15.0 Å². The highest BCUT2D eigenvalue weighted by Gasteiger charge is 2.23. The maximum absolute atomic E-state index is 5.07. The van der Waals surface area contributed by atoms with Crippen LogP contribution in [-0.2, 0) is 0 Å². The van der Waals surface area contributed by atoms with Gasteiger partial charge < -0.3 is 0 Å². The van der Waals surface area contributed by atoms with Crippen LogP contribution in [0.2, 0.25) is 0 Å². The lowest BCUT2D eigenvalue weighted by atomic mass is 9.86. The molecular formula is C57H35N3. The van der Waals surface area contributed by atoms with Crippen molar-refractivity contribution < 1.29 is 0 Å². The van der Waals surface area contributed by atoms with Crippen molar-refractivity contribution in [3.8, 4) is 89.8 Å². The fourth-order valence-corrected chi connectivity index (χ4v) is 9.28. The van der Waals surface area contributed by atoms with Crippen LogP contribution in [0.15, 0.2) is 212 Å². The Morgan fingerprint density at radius 3 is 1.25 bits per heavy atom. The second kappa shape index (κ2) is 13.8. The molecule has 11 aromatic rings. The third-order valence-electron chi connectivity index (χ3n) is 12.1. The minimum atomic E-state index is 0.634. The van der Waals surface area contributed by atoms with E-state index in [1.165, 1.54) is 76.8 Å². The van der Waals surface area contributed by atoms with Gasteiger partial charge >= 0.3 is 0 Å². The third-order valence-corrected chi connectivity index (χ3v) is 12.1. The van der Waals surface area contributed by atoms with E-state index in [9.17, 15) is 0 Å². The lowest BCUT2D eigenvalue weighted by Gasteiger charge is -2.18. The van der Waals surface area contributed by atoms with Crippen molar-refractivity contribution in [2.75, 3.05) is 0 Å². The van der Waals surface area contributed by atoms with Crippen LogP contribution in [0.25, 0.3) is 122 Å². The van der Waals surface area contributed by atoms with Gasteiger partial charge in [-0.3, -0.25) is 0 Å². The van der Waals surface area contributed by atoms with Crippen molar-refractivity contribution in [1.82, 2.24) is 15.0 Å². The average molecular weight is 762 g/mol. The quantitative estimate of drug-likeness (QED) is 0.169. The summed E-state index contributed by atoms with van der Waals surface area (Å²) in [7, 11) is 0. The molecule has 0 fully saturated rings. The molecule has 60 heavy (non-hydrogen) atoms. The zero-order valence-corrected chi connectivity index (χ0v) is 32.5. The van der Waals surface area contributed by atoms with Gasteiger partial charge in [0.1, 0.15) is 0 Å². The standard InChI is InChI=1S/C57H35N3/c1-3-15-36(16-4-1)55-58-56(37-17-5-2-6-18-37)60-57(59-55)41-22-13-21-40(33-41)52-34-38-19-7-8-20-39(38)35-53(52)48-30-29-46(42-23-9-10-24-43(42)48)47-31-32-51-45-26-12-11-25-44(45)49-27-14-28-50(47)54(49)51/h1-35H.